The van der Waals surface area contributed by atoms with E-state index in [1.54, 1.807) is 7.11 Å². The summed E-state index contributed by atoms with van der Waals surface area (Å²) in [5.41, 5.74) is 3.30. The minimum absolute atomic E-state index is 0.159. The Morgan fingerprint density at radius 2 is 2.06 bits per heavy atom. The van der Waals surface area contributed by atoms with E-state index in [4.69, 9.17) is 9.84 Å². The molecule has 0 amide bonds. The van der Waals surface area contributed by atoms with Gasteiger partial charge in [-0.25, -0.2) is 0 Å². The predicted octanol–water partition coefficient (Wildman–Crippen LogP) is 3.14. The van der Waals surface area contributed by atoms with Crippen LogP contribution in [0, 0.1) is 6.92 Å². The van der Waals surface area contributed by atoms with Crippen LogP contribution in [0.15, 0.2) is 12.1 Å². The number of hydrogen-bond donors (Lipinski definition) is 1. The van der Waals surface area contributed by atoms with Gasteiger partial charge < -0.3 is 9.84 Å². The normalized spacial score (nSPS) is 10.6. The second-order valence-corrected chi connectivity index (χ2v) is 4.54. The molecule has 1 rings (SSSR count). The van der Waals surface area contributed by atoms with Crippen molar-refractivity contribution in [1.82, 2.24) is 0 Å². The highest BCUT2D eigenvalue weighted by molar-refractivity contribution is 5.67. The average Bonchev–Trinajstić information content (AvgIpc) is 2.26. The lowest BCUT2D eigenvalue weighted by Crippen LogP contribution is -2.05. The van der Waals surface area contributed by atoms with E-state index in [2.05, 4.69) is 13.8 Å². The van der Waals surface area contributed by atoms with Crippen molar-refractivity contribution >= 4 is 5.97 Å². The van der Waals surface area contributed by atoms with Gasteiger partial charge in [0.25, 0.3) is 0 Å². The molecule has 0 aliphatic rings. The minimum atomic E-state index is -0.765. The molecule has 3 nitrogen and oxygen atoms in total. The smallest absolute Gasteiger partial charge is 0.303 e. The highest BCUT2D eigenvalue weighted by Gasteiger charge is 2.15. The zero-order valence-electron chi connectivity index (χ0n) is 10.9. The van der Waals surface area contributed by atoms with Crippen LogP contribution < -0.4 is 4.74 Å². The van der Waals surface area contributed by atoms with Crippen molar-refractivity contribution in [3.63, 3.8) is 0 Å². The Morgan fingerprint density at radius 1 is 1.41 bits per heavy atom. The van der Waals surface area contributed by atoms with Gasteiger partial charge in [-0.1, -0.05) is 26.0 Å². The number of carbonyl (C=O) groups is 1. The summed E-state index contributed by atoms with van der Waals surface area (Å²) in [6, 6.07) is 4.00. The first-order valence-electron chi connectivity index (χ1n) is 5.85. The number of ether oxygens (including phenoxy) is 1. The second-order valence-electron chi connectivity index (χ2n) is 4.54. The zero-order valence-corrected chi connectivity index (χ0v) is 10.9. The molecule has 0 aromatic heterocycles. The van der Waals surface area contributed by atoms with Crippen molar-refractivity contribution in [1.29, 1.82) is 0 Å². The summed E-state index contributed by atoms with van der Waals surface area (Å²) >= 11 is 0. The van der Waals surface area contributed by atoms with Crippen LogP contribution in [-0.4, -0.2) is 18.2 Å². The van der Waals surface area contributed by atoms with Crippen LogP contribution in [0.4, 0.5) is 0 Å². The van der Waals surface area contributed by atoms with Crippen LogP contribution >= 0.6 is 0 Å². The van der Waals surface area contributed by atoms with E-state index in [0.29, 0.717) is 12.3 Å². The molecule has 0 fully saturated rings. The van der Waals surface area contributed by atoms with Gasteiger partial charge >= 0.3 is 5.97 Å². The number of aliphatic carboxylic acids is 1. The Hall–Kier alpha value is -1.51. The third kappa shape index (κ3) is 3.22. The third-order valence-electron chi connectivity index (χ3n) is 2.87. The molecule has 1 aromatic carbocycles. The van der Waals surface area contributed by atoms with Gasteiger partial charge in [0.15, 0.2) is 0 Å². The van der Waals surface area contributed by atoms with E-state index in [1.807, 2.05) is 19.1 Å². The summed E-state index contributed by atoms with van der Waals surface area (Å²) < 4.78 is 5.44. The van der Waals surface area contributed by atoms with Gasteiger partial charge in [0, 0.05) is 12.0 Å². The Morgan fingerprint density at radius 3 is 2.53 bits per heavy atom. The second kappa shape index (κ2) is 5.71. The lowest BCUT2D eigenvalue weighted by molar-refractivity contribution is -0.136. The van der Waals surface area contributed by atoms with Crippen molar-refractivity contribution in [3.05, 3.63) is 28.8 Å². The summed E-state index contributed by atoms with van der Waals surface area (Å²) in [5, 5.41) is 8.75. The summed E-state index contributed by atoms with van der Waals surface area (Å²) in [5.74, 6) is 0.454. The first kappa shape index (κ1) is 13.6. The van der Waals surface area contributed by atoms with Crippen LogP contribution in [0.25, 0.3) is 0 Å². The number of methoxy groups -OCH3 is 1. The maximum absolute atomic E-state index is 10.6. The van der Waals surface area contributed by atoms with E-state index in [1.165, 1.54) is 0 Å². The summed E-state index contributed by atoms with van der Waals surface area (Å²) in [7, 11) is 1.66. The molecule has 3 heteroatoms. The Labute approximate surface area is 102 Å². The van der Waals surface area contributed by atoms with Crippen molar-refractivity contribution < 1.29 is 14.6 Å². The molecule has 0 unspecified atom stereocenters. The standard InChI is InChI=1S/C14H20O3/c1-9(2)13-11(7-8-12(15)16)6-5-10(3)14(13)17-4/h5-6,9H,7-8H2,1-4H3,(H,15,16). The van der Waals surface area contributed by atoms with Crippen molar-refractivity contribution in [2.45, 2.75) is 39.5 Å². The van der Waals surface area contributed by atoms with Crippen LogP contribution in [-0.2, 0) is 11.2 Å². The Bertz CT molecular complexity index is 408. The molecule has 1 N–H and O–H groups in total. The van der Waals surface area contributed by atoms with E-state index in [9.17, 15) is 4.79 Å². The highest BCUT2D eigenvalue weighted by Crippen LogP contribution is 2.33. The Balaban J connectivity index is 3.16. The topological polar surface area (TPSA) is 46.5 Å². The van der Waals surface area contributed by atoms with Gasteiger partial charge in [-0.05, 0) is 30.4 Å². The first-order chi connectivity index (χ1) is 7.97. The molecule has 0 aliphatic carbocycles. The number of rotatable bonds is 5. The fourth-order valence-corrected chi connectivity index (χ4v) is 2.11. The maximum atomic E-state index is 10.6. The molecule has 0 saturated carbocycles. The number of carboxylic acid groups (broad SMARTS) is 1. The fourth-order valence-electron chi connectivity index (χ4n) is 2.11. The third-order valence-corrected chi connectivity index (χ3v) is 2.87. The molecule has 0 bridgehead atoms. The van der Waals surface area contributed by atoms with Crippen LogP contribution in [0.3, 0.4) is 0 Å². The van der Waals surface area contributed by atoms with Crippen LogP contribution in [0.2, 0.25) is 0 Å². The summed E-state index contributed by atoms with van der Waals surface area (Å²) in [6.07, 6.45) is 0.714. The zero-order chi connectivity index (χ0) is 13.0. The highest BCUT2D eigenvalue weighted by atomic mass is 16.5. The molecule has 0 aliphatic heterocycles. The van der Waals surface area contributed by atoms with E-state index in [-0.39, 0.29) is 6.42 Å². The molecular formula is C14H20O3. The average molecular weight is 236 g/mol. The summed E-state index contributed by atoms with van der Waals surface area (Å²) in [4.78, 5) is 10.6. The molecule has 0 saturated heterocycles. The molecule has 0 heterocycles. The molecule has 0 spiro atoms. The molecular weight excluding hydrogens is 216 g/mol. The number of carboxylic acids is 1. The van der Waals surface area contributed by atoms with Crippen LogP contribution in [0.5, 0.6) is 5.75 Å². The van der Waals surface area contributed by atoms with Crippen molar-refractivity contribution in [2.24, 2.45) is 0 Å². The van der Waals surface area contributed by atoms with Crippen LogP contribution in [0.1, 0.15) is 42.9 Å². The fraction of sp³-hybridized carbons (Fsp3) is 0.500. The minimum Gasteiger partial charge on any atom is -0.496 e. The van der Waals surface area contributed by atoms with Gasteiger partial charge in [0.1, 0.15) is 5.75 Å². The number of hydrogen-bond acceptors (Lipinski definition) is 2. The van der Waals surface area contributed by atoms with E-state index >= 15 is 0 Å². The lowest BCUT2D eigenvalue weighted by Gasteiger charge is -2.18. The predicted molar refractivity (Wildman–Crippen MR) is 67.8 cm³/mol. The maximum Gasteiger partial charge on any atom is 0.303 e. The first-order valence-corrected chi connectivity index (χ1v) is 5.85. The van der Waals surface area contributed by atoms with Gasteiger partial charge in [0.2, 0.25) is 0 Å². The van der Waals surface area contributed by atoms with E-state index < -0.39 is 5.97 Å². The molecule has 17 heavy (non-hydrogen) atoms. The van der Waals surface area contributed by atoms with E-state index in [0.717, 1.165) is 22.4 Å². The molecule has 1 aromatic rings. The SMILES string of the molecule is COc1c(C)ccc(CCC(=O)O)c1C(C)C. The van der Waals surface area contributed by atoms with Crippen molar-refractivity contribution in [3.8, 4) is 5.75 Å². The monoisotopic (exact) mass is 236 g/mol. The summed E-state index contributed by atoms with van der Waals surface area (Å²) in [6.45, 7) is 6.20. The quantitative estimate of drug-likeness (QED) is 0.854. The lowest BCUT2D eigenvalue weighted by atomic mass is 9.91. The van der Waals surface area contributed by atoms with Gasteiger partial charge in [-0.2, -0.15) is 0 Å². The molecule has 0 atom stereocenters. The molecule has 94 valence electrons. The van der Waals surface area contributed by atoms with Gasteiger partial charge in [-0.3, -0.25) is 4.79 Å². The van der Waals surface area contributed by atoms with Crippen molar-refractivity contribution in [2.75, 3.05) is 7.11 Å². The van der Waals surface area contributed by atoms with Gasteiger partial charge in [-0.15, -0.1) is 0 Å². The Kier molecular flexibility index (Phi) is 4.55. The number of aryl methyl sites for hydroxylation is 2. The largest absolute Gasteiger partial charge is 0.496 e. The van der Waals surface area contributed by atoms with Gasteiger partial charge in [0.05, 0.1) is 7.11 Å². The number of benzene rings is 1. The molecule has 0 radical (unpaired) electrons.